The number of nitrogens with one attached hydrogen (secondary N) is 1. The Balaban J connectivity index is 2.98. The summed E-state index contributed by atoms with van der Waals surface area (Å²) in [7, 11) is 0. The first-order valence-corrected chi connectivity index (χ1v) is 5.84. The molecule has 0 spiro atoms. The van der Waals surface area contributed by atoms with E-state index < -0.39 is 0 Å². The van der Waals surface area contributed by atoms with Crippen LogP contribution in [0.4, 0.5) is 5.82 Å². The SMILES string of the molecule is CCCn1ccnc(NC(C)(C)CC)c1=O. The average molecular weight is 223 g/mol. The zero-order valence-corrected chi connectivity index (χ0v) is 10.6. The number of hydrogen-bond donors (Lipinski definition) is 1. The third-order valence-corrected chi connectivity index (χ3v) is 2.72. The first-order valence-electron chi connectivity index (χ1n) is 5.84. The molecule has 0 atom stereocenters. The van der Waals surface area contributed by atoms with Gasteiger partial charge in [-0.25, -0.2) is 4.98 Å². The van der Waals surface area contributed by atoms with Gasteiger partial charge in [-0.2, -0.15) is 0 Å². The molecule has 0 aromatic carbocycles. The van der Waals surface area contributed by atoms with Gasteiger partial charge in [0.2, 0.25) is 0 Å². The molecule has 0 saturated carbocycles. The molecule has 1 aromatic heterocycles. The molecular formula is C12H21N3O. The van der Waals surface area contributed by atoms with E-state index in [1.165, 1.54) is 0 Å². The van der Waals surface area contributed by atoms with Gasteiger partial charge in [0.15, 0.2) is 5.82 Å². The summed E-state index contributed by atoms with van der Waals surface area (Å²) in [4.78, 5) is 16.1. The summed E-state index contributed by atoms with van der Waals surface area (Å²) in [6.45, 7) is 9.00. The fraction of sp³-hybridized carbons (Fsp3) is 0.667. The van der Waals surface area contributed by atoms with Crippen molar-refractivity contribution in [1.82, 2.24) is 9.55 Å². The Morgan fingerprint density at radius 1 is 1.44 bits per heavy atom. The lowest BCUT2D eigenvalue weighted by Crippen LogP contribution is -2.35. The van der Waals surface area contributed by atoms with Crippen molar-refractivity contribution in [3.63, 3.8) is 0 Å². The van der Waals surface area contributed by atoms with Crippen LogP contribution in [-0.4, -0.2) is 15.1 Å². The first kappa shape index (κ1) is 12.7. The van der Waals surface area contributed by atoms with Crippen LogP contribution in [0.1, 0.15) is 40.5 Å². The van der Waals surface area contributed by atoms with Crippen molar-refractivity contribution in [3.05, 3.63) is 22.7 Å². The highest BCUT2D eigenvalue weighted by molar-refractivity contribution is 5.34. The van der Waals surface area contributed by atoms with Crippen LogP contribution in [0, 0.1) is 0 Å². The van der Waals surface area contributed by atoms with E-state index in [4.69, 9.17) is 0 Å². The van der Waals surface area contributed by atoms with Crippen molar-refractivity contribution in [2.75, 3.05) is 5.32 Å². The number of aromatic nitrogens is 2. The molecule has 0 radical (unpaired) electrons. The summed E-state index contributed by atoms with van der Waals surface area (Å²) >= 11 is 0. The molecule has 4 nitrogen and oxygen atoms in total. The van der Waals surface area contributed by atoms with Crippen LogP contribution in [0.5, 0.6) is 0 Å². The van der Waals surface area contributed by atoms with Crippen molar-refractivity contribution in [2.24, 2.45) is 0 Å². The van der Waals surface area contributed by atoms with Gasteiger partial charge in [-0.15, -0.1) is 0 Å². The molecule has 0 aliphatic carbocycles. The van der Waals surface area contributed by atoms with Gasteiger partial charge >= 0.3 is 0 Å². The van der Waals surface area contributed by atoms with E-state index in [0.717, 1.165) is 19.4 Å². The molecule has 0 fully saturated rings. The third-order valence-electron chi connectivity index (χ3n) is 2.72. The maximum absolute atomic E-state index is 12.0. The highest BCUT2D eigenvalue weighted by Crippen LogP contribution is 2.12. The lowest BCUT2D eigenvalue weighted by atomic mass is 10.0. The lowest BCUT2D eigenvalue weighted by molar-refractivity contribution is 0.540. The molecule has 0 aliphatic heterocycles. The van der Waals surface area contributed by atoms with Crippen LogP contribution >= 0.6 is 0 Å². The maximum Gasteiger partial charge on any atom is 0.293 e. The monoisotopic (exact) mass is 223 g/mol. The van der Waals surface area contributed by atoms with Gasteiger partial charge in [0.05, 0.1) is 0 Å². The van der Waals surface area contributed by atoms with Crippen LogP contribution < -0.4 is 10.9 Å². The molecule has 0 unspecified atom stereocenters. The molecule has 16 heavy (non-hydrogen) atoms. The van der Waals surface area contributed by atoms with Crippen LogP contribution in [-0.2, 0) is 6.54 Å². The van der Waals surface area contributed by atoms with E-state index in [2.05, 4.69) is 38.0 Å². The van der Waals surface area contributed by atoms with E-state index >= 15 is 0 Å². The largest absolute Gasteiger partial charge is 0.361 e. The number of hydrogen-bond acceptors (Lipinski definition) is 3. The van der Waals surface area contributed by atoms with Gasteiger partial charge in [-0.05, 0) is 26.7 Å². The molecule has 4 heteroatoms. The summed E-state index contributed by atoms with van der Waals surface area (Å²) in [5.74, 6) is 0.447. The van der Waals surface area contributed by atoms with Gasteiger partial charge in [-0.3, -0.25) is 4.79 Å². The van der Waals surface area contributed by atoms with Gasteiger partial charge in [0, 0.05) is 24.5 Å². The van der Waals surface area contributed by atoms with Crippen LogP contribution in [0.25, 0.3) is 0 Å². The maximum atomic E-state index is 12.0. The van der Waals surface area contributed by atoms with E-state index in [-0.39, 0.29) is 11.1 Å². The van der Waals surface area contributed by atoms with E-state index in [1.54, 1.807) is 17.0 Å². The molecule has 0 aliphatic rings. The molecule has 90 valence electrons. The molecule has 1 aromatic rings. The second kappa shape index (κ2) is 5.14. The molecule has 0 bridgehead atoms. The fourth-order valence-electron chi connectivity index (χ4n) is 1.36. The minimum atomic E-state index is -0.0996. The topological polar surface area (TPSA) is 46.9 Å². The Morgan fingerprint density at radius 2 is 2.12 bits per heavy atom. The normalized spacial score (nSPS) is 11.5. The zero-order chi connectivity index (χ0) is 12.2. The van der Waals surface area contributed by atoms with Crippen molar-refractivity contribution >= 4 is 5.82 Å². The van der Waals surface area contributed by atoms with Gasteiger partial charge in [0.1, 0.15) is 0 Å². The van der Waals surface area contributed by atoms with Crippen molar-refractivity contribution in [3.8, 4) is 0 Å². The quantitative estimate of drug-likeness (QED) is 0.832. The second-order valence-electron chi connectivity index (χ2n) is 4.64. The van der Waals surface area contributed by atoms with Crippen LogP contribution in [0.2, 0.25) is 0 Å². The minimum Gasteiger partial charge on any atom is -0.361 e. The summed E-state index contributed by atoms with van der Waals surface area (Å²) in [6.07, 6.45) is 5.29. The summed E-state index contributed by atoms with van der Waals surface area (Å²) in [5.41, 5.74) is -0.136. The number of aryl methyl sites for hydroxylation is 1. The molecular weight excluding hydrogens is 202 g/mol. The highest BCUT2D eigenvalue weighted by Gasteiger charge is 2.17. The predicted molar refractivity (Wildman–Crippen MR) is 66.8 cm³/mol. The Labute approximate surface area is 96.7 Å². The fourth-order valence-corrected chi connectivity index (χ4v) is 1.36. The van der Waals surface area contributed by atoms with Crippen molar-refractivity contribution in [1.29, 1.82) is 0 Å². The first-order chi connectivity index (χ1) is 7.50. The van der Waals surface area contributed by atoms with Crippen LogP contribution in [0.15, 0.2) is 17.2 Å². The third kappa shape index (κ3) is 3.08. The number of anilines is 1. The number of nitrogens with zero attached hydrogens (tertiary/aromatic N) is 2. The Morgan fingerprint density at radius 3 is 2.69 bits per heavy atom. The summed E-state index contributed by atoms with van der Waals surface area (Å²) < 4.78 is 1.70. The molecule has 1 heterocycles. The zero-order valence-electron chi connectivity index (χ0n) is 10.6. The van der Waals surface area contributed by atoms with E-state index in [0.29, 0.717) is 5.82 Å². The highest BCUT2D eigenvalue weighted by atomic mass is 16.1. The van der Waals surface area contributed by atoms with Crippen molar-refractivity contribution in [2.45, 2.75) is 52.6 Å². The van der Waals surface area contributed by atoms with Crippen LogP contribution in [0.3, 0.4) is 0 Å². The van der Waals surface area contributed by atoms with E-state index in [1.807, 2.05) is 0 Å². The summed E-state index contributed by atoms with van der Waals surface area (Å²) in [6, 6.07) is 0. The van der Waals surface area contributed by atoms with Gasteiger partial charge in [0.25, 0.3) is 5.56 Å². The minimum absolute atomic E-state index is 0.0362. The predicted octanol–water partition coefficient (Wildman–Crippen LogP) is 2.25. The Hall–Kier alpha value is -1.32. The Kier molecular flexibility index (Phi) is 4.10. The second-order valence-corrected chi connectivity index (χ2v) is 4.64. The lowest BCUT2D eigenvalue weighted by Gasteiger charge is -2.24. The standard InChI is InChI=1S/C12H21N3O/c1-5-8-15-9-7-13-10(11(15)16)14-12(3,4)6-2/h7,9H,5-6,8H2,1-4H3,(H,13,14). The smallest absolute Gasteiger partial charge is 0.293 e. The van der Waals surface area contributed by atoms with Gasteiger partial charge in [-0.1, -0.05) is 13.8 Å². The molecule has 0 amide bonds. The van der Waals surface area contributed by atoms with Crippen molar-refractivity contribution < 1.29 is 0 Å². The summed E-state index contributed by atoms with van der Waals surface area (Å²) in [5, 5.41) is 3.19. The average Bonchev–Trinajstić information content (AvgIpc) is 2.24. The molecule has 1 N–H and O–H groups in total. The van der Waals surface area contributed by atoms with Gasteiger partial charge < -0.3 is 9.88 Å². The Bertz CT molecular complexity index is 395. The number of rotatable bonds is 5. The molecule has 1 rings (SSSR count). The van der Waals surface area contributed by atoms with E-state index in [9.17, 15) is 4.79 Å². The molecule has 0 saturated heterocycles.